The van der Waals surface area contributed by atoms with Crippen LogP contribution in [0, 0.1) is 6.92 Å². The topological polar surface area (TPSA) is 34.2 Å². The minimum Gasteiger partial charge on any atom is -0.493 e. The van der Waals surface area contributed by atoms with Crippen molar-refractivity contribution in [3.8, 4) is 5.75 Å². The van der Waals surface area contributed by atoms with E-state index < -0.39 is 0 Å². The van der Waals surface area contributed by atoms with Gasteiger partial charge in [-0.2, -0.15) is 0 Å². The number of aryl methyl sites for hydroxylation is 1. The summed E-state index contributed by atoms with van der Waals surface area (Å²) in [6.07, 6.45) is 1.80. The molecule has 0 saturated carbocycles. The highest BCUT2D eigenvalue weighted by atomic mass is 16.5. The summed E-state index contributed by atoms with van der Waals surface area (Å²) in [6.45, 7) is 1.98. The molecule has 0 radical (unpaired) electrons. The summed E-state index contributed by atoms with van der Waals surface area (Å²) in [5.41, 5.74) is 1.10. The van der Waals surface area contributed by atoms with Crippen molar-refractivity contribution in [3.05, 3.63) is 17.8 Å². The maximum absolute atomic E-state index is 5.09. The van der Waals surface area contributed by atoms with E-state index >= 15 is 0 Å². The van der Waals surface area contributed by atoms with Gasteiger partial charge in [0.25, 0.3) is 0 Å². The summed E-state index contributed by atoms with van der Waals surface area (Å²) in [5, 5.41) is 2.94. The van der Waals surface area contributed by atoms with Gasteiger partial charge in [0.05, 0.1) is 7.11 Å². The Morgan fingerprint density at radius 2 is 2.27 bits per heavy atom. The predicted molar refractivity (Wildman–Crippen MR) is 45.1 cm³/mol. The number of ether oxygens (including phenoxy) is 1. The molecule has 0 bridgehead atoms. The highest BCUT2D eigenvalue weighted by Crippen LogP contribution is 2.20. The number of pyridine rings is 1. The van der Waals surface area contributed by atoms with Crippen LogP contribution in [0.15, 0.2) is 12.3 Å². The first-order valence-corrected chi connectivity index (χ1v) is 3.46. The molecule has 11 heavy (non-hydrogen) atoms. The summed E-state index contributed by atoms with van der Waals surface area (Å²) >= 11 is 0. The number of methoxy groups -OCH3 is 1. The van der Waals surface area contributed by atoms with Crippen LogP contribution in [-0.2, 0) is 0 Å². The zero-order valence-corrected chi connectivity index (χ0v) is 7.01. The summed E-state index contributed by atoms with van der Waals surface area (Å²) in [5.74, 6) is 1.56. The Hall–Kier alpha value is -1.25. The van der Waals surface area contributed by atoms with Gasteiger partial charge in [-0.25, -0.2) is 4.98 Å². The lowest BCUT2D eigenvalue weighted by atomic mass is 10.3. The van der Waals surface area contributed by atoms with Crippen LogP contribution in [0.3, 0.4) is 0 Å². The zero-order valence-electron chi connectivity index (χ0n) is 7.01. The second kappa shape index (κ2) is 3.23. The molecule has 0 saturated heterocycles. The van der Waals surface area contributed by atoms with Gasteiger partial charge in [-0.15, -0.1) is 0 Å². The van der Waals surface area contributed by atoms with E-state index in [4.69, 9.17) is 4.74 Å². The second-order valence-corrected chi connectivity index (χ2v) is 2.31. The monoisotopic (exact) mass is 152 g/mol. The van der Waals surface area contributed by atoms with Crippen LogP contribution in [0.5, 0.6) is 5.75 Å². The molecular weight excluding hydrogens is 140 g/mol. The van der Waals surface area contributed by atoms with Crippen molar-refractivity contribution in [2.24, 2.45) is 0 Å². The molecule has 60 valence electrons. The Morgan fingerprint density at radius 3 is 2.82 bits per heavy atom. The lowest BCUT2D eigenvalue weighted by Crippen LogP contribution is -1.96. The fraction of sp³-hybridized carbons (Fsp3) is 0.375. The minimum absolute atomic E-state index is 0.776. The third-order valence-corrected chi connectivity index (χ3v) is 1.45. The summed E-state index contributed by atoms with van der Waals surface area (Å²) in [6, 6.07) is 1.94. The molecule has 1 rings (SSSR count). The normalized spacial score (nSPS) is 9.36. The first-order chi connectivity index (χ1) is 5.27. The van der Waals surface area contributed by atoms with Gasteiger partial charge >= 0.3 is 0 Å². The molecule has 3 heteroatoms. The number of hydrogen-bond acceptors (Lipinski definition) is 3. The third-order valence-electron chi connectivity index (χ3n) is 1.45. The van der Waals surface area contributed by atoms with Crippen molar-refractivity contribution in [2.75, 3.05) is 19.5 Å². The molecule has 0 fully saturated rings. The highest BCUT2D eigenvalue weighted by Gasteiger charge is 2.00. The first kappa shape index (κ1) is 7.85. The molecule has 0 aliphatic carbocycles. The van der Waals surface area contributed by atoms with Crippen molar-refractivity contribution in [3.63, 3.8) is 0 Å². The Bertz CT molecular complexity index is 248. The third kappa shape index (κ3) is 1.61. The van der Waals surface area contributed by atoms with Gasteiger partial charge < -0.3 is 10.1 Å². The van der Waals surface area contributed by atoms with Crippen molar-refractivity contribution >= 4 is 5.82 Å². The van der Waals surface area contributed by atoms with Crippen LogP contribution in [0.4, 0.5) is 5.82 Å². The molecule has 0 amide bonds. The summed E-state index contributed by atoms with van der Waals surface area (Å²) < 4.78 is 5.09. The molecular formula is C8H12N2O. The van der Waals surface area contributed by atoms with Crippen LogP contribution in [0.2, 0.25) is 0 Å². The van der Waals surface area contributed by atoms with Crippen molar-refractivity contribution in [1.29, 1.82) is 0 Å². The van der Waals surface area contributed by atoms with Crippen molar-refractivity contribution in [2.45, 2.75) is 6.92 Å². The van der Waals surface area contributed by atoms with Crippen LogP contribution in [0.25, 0.3) is 0 Å². The van der Waals surface area contributed by atoms with Crippen molar-refractivity contribution < 1.29 is 4.74 Å². The molecule has 0 aliphatic heterocycles. The predicted octanol–water partition coefficient (Wildman–Crippen LogP) is 1.44. The maximum Gasteiger partial charge on any atom is 0.168 e. The average Bonchev–Trinajstić information content (AvgIpc) is 2.04. The largest absolute Gasteiger partial charge is 0.493 e. The molecule has 3 nitrogen and oxygen atoms in total. The van der Waals surface area contributed by atoms with E-state index in [1.165, 1.54) is 0 Å². The number of aromatic nitrogens is 1. The molecule has 1 N–H and O–H groups in total. The van der Waals surface area contributed by atoms with E-state index in [9.17, 15) is 0 Å². The fourth-order valence-electron chi connectivity index (χ4n) is 0.886. The number of nitrogens with one attached hydrogen (secondary N) is 1. The van der Waals surface area contributed by atoms with E-state index in [1.807, 2.05) is 20.0 Å². The smallest absolute Gasteiger partial charge is 0.168 e. The average molecular weight is 152 g/mol. The standard InChI is InChI=1S/C8H12N2O/c1-6-4-7(11-3)8(9-2)10-5-6/h4-5H,1-3H3,(H,9,10). The van der Waals surface area contributed by atoms with Gasteiger partial charge in [0.15, 0.2) is 11.6 Å². The van der Waals surface area contributed by atoms with E-state index in [-0.39, 0.29) is 0 Å². The number of rotatable bonds is 2. The molecule has 1 aromatic heterocycles. The fourth-order valence-corrected chi connectivity index (χ4v) is 0.886. The van der Waals surface area contributed by atoms with Crippen LogP contribution < -0.4 is 10.1 Å². The minimum atomic E-state index is 0.776. The molecule has 0 aliphatic rings. The summed E-state index contributed by atoms with van der Waals surface area (Å²) in [4.78, 5) is 4.13. The number of anilines is 1. The zero-order chi connectivity index (χ0) is 8.27. The maximum atomic E-state index is 5.09. The van der Waals surface area contributed by atoms with Gasteiger partial charge in [0, 0.05) is 13.2 Å². The molecule has 1 heterocycles. The Morgan fingerprint density at radius 1 is 1.55 bits per heavy atom. The Kier molecular flexibility index (Phi) is 2.31. The van der Waals surface area contributed by atoms with E-state index in [0.717, 1.165) is 17.1 Å². The number of hydrogen-bond donors (Lipinski definition) is 1. The lowest BCUT2D eigenvalue weighted by Gasteiger charge is -2.06. The molecule has 0 atom stereocenters. The van der Waals surface area contributed by atoms with Gasteiger partial charge in [-0.05, 0) is 18.6 Å². The first-order valence-electron chi connectivity index (χ1n) is 3.46. The number of nitrogens with zero attached hydrogens (tertiary/aromatic N) is 1. The second-order valence-electron chi connectivity index (χ2n) is 2.31. The Balaban J connectivity index is 3.06. The van der Waals surface area contributed by atoms with E-state index in [0.29, 0.717) is 0 Å². The van der Waals surface area contributed by atoms with Gasteiger partial charge in [-0.3, -0.25) is 0 Å². The highest BCUT2D eigenvalue weighted by molar-refractivity contribution is 5.50. The van der Waals surface area contributed by atoms with Crippen LogP contribution >= 0.6 is 0 Å². The van der Waals surface area contributed by atoms with E-state index in [1.54, 1.807) is 13.3 Å². The molecule has 0 aromatic carbocycles. The van der Waals surface area contributed by atoms with Gasteiger partial charge in [0.1, 0.15) is 0 Å². The van der Waals surface area contributed by atoms with Crippen LogP contribution in [-0.4, -0.2) is 19.1 Å². The quantitative estimate of drug-likeness (QED) is 0.696. The summed E-state index contributed by atoms with van der Waals surface area (Å²) in [7, 11) is 3.46. The van der Waals surface area contributed by atoms with E-state index in [2.05, 4.69) is 10.3 Å². The molecule has 1 aromatic rings. The molecule has 0 spiro atoms. The lowest BCUT2D eigenvalue weighted by molar-refractivity contribution is 0.414. The van der Waals surface area contributed by atoms with Crippen LogP contribution in [0.1, 0.15) is 5.56 Å². The van der Waals surface area contributed by atoms with Gasteiger partial charge in [-0.1, -0.05) is 0 Å². The SMILES string of the molecule is CNc1ncc(C)cc1OC. The van der Waals surface area contributed by atoms with Gasteiger partial charge in [0.2, 0.25) is 0 Å². The van der Waals surface area contributed by atoms with Crippen molar-refractivity contribution in [1.82, 2.24) is 4.98 Å². The Labute approximate surface area is 66.4 Å². The molecule has 0 unspecified atom stereocenters.